The van der Waals surface area contributed by atoms with E-state index in [9.17, 15) is 0 Å². The number of benzene rings is 1. The van der Waals surface area contributed by atoms with Gasteiger partial charge in [-0.15, -0.1) is 11.3 Å². The number of rotatable bonds is 2. The summed E-state index contributed by atoms with van der Waals surface area (Å²) in [6, 6.07) is 10.6. The zero-order valence-corrected chi connectivity index (χ0v) is 14.4. The van der Waals surface area contributed by atoms with Crippen LogP contribution in [0, 0.1) is 11.8 Å². The molecule has 1 saturated heterocycles. The maximum atomic E-state index is 4.68. The second kappa shape index (κ2) is 5.93. The Morgan fingerprint density at radius 3 is 2.52 bits per heavy atom. The summed E-state index contributed by atoms with van der Waals surface area (Å²) in [5.41, 5.74) is 2.50. The molecule has 1 aromatic carbocycles. The van der Waals surface area contributed by atoms with Crippen LogP contribution in [-0.4, -0.2) is 23.1 Å². The van der Waals surface area contributed by atoms with Gasteiger partial charge in [0.25, 0.3) is 0 Å². The monoisotopic (exact) mass is 323 g/mol. The van der Waals surface area contributed by atoms with Crippen molar-refractivity contribution in [1.82, 2.24) is 9.97 Å². The zero-order chi connectivity index (χ0) is 15.8. The first-order valence-electron chi connectivity index (χ1n) is 8.25. The fourth-order valence-corrected chi connectivity index (χ4v) is 4.68. The van der Waals surface area contributed by atoms with Crippen LogP contribution in [0.2, 0.25) is 0 Å². The van der Waals surface area contributed by atoms with Crippen LogP contribution in [0.1, 0.15) is 20.3 Å². The smallest absolute Gasteiger partial charge is 0.141 e. The Balaban J connectivity index is 1.85. The quantitative estimate of drug-likeness (QED) is 0.675. The van der Waals surface area contributed by atoms with Crippen molar-refractivity contribution in [1.29, 1.82) is 0 Å². The Kier molecular flexibility index (Phi) is 3.77. The first kappa shape index (κ1) is 14.6. The van der Waals surface area contributed by atoms with Gasteiger partial charge in [-0.05, 0) is 23.8 Å². The highest BCUT2D eigenvalue weighted by Gasteiger charge is 2.25. The molecule has 4 heteroatoms. The van der Waals surface area contributed by atoms with Gasteiger partial charge in [-0.3, -0.25) is 0 Å². The molecule has 0 radical (unpaired) electrons. The predicted molar refractivity (Wildman–Crippen MR) is 98.0 cm³/mol. The van der Waals surface area contributed by atoms with Crippen LogP contribution in [0.5, 0.6) is 0 Å². The molecule has 0 saturated carbocycles. The summed E-state index contributed by atoms with van der Waals surface area (Å²) < 4.78 is 0. The van der Waals surface area contributed by atoms with Crippen molar-refractivity contribution >= 4 is 27.4 Å². The van der Waals surface area contributed by atoms with Crippen molar-refractivity contribution in [2.24, 2.45) is 11.8 Å². The predicted octanol–water partition coefficient (Wildman–Crippen LogP) is 4.84. The van der Waals surface area contributed by atoms with E-state index in [1.54, 1.807) is 17.7 Å². The lowest BCUT2D eigenvalue weighted by atomic mass is 9.91. The highest BCUT2D eigenvalue weighted by atomic mass is 32.1. The second-order valence-corrected chi connectivity index (χ2v) is 7.60. The normalized spacial score (nSPS) is 21.7. The lowest BCUT2D eigenvalue weighted by Crippen LogP contribution is -2.39. The number of aromatic nitrogens is 2. The number of fused-ring (bicyclic) bond motifs is 1. The maximum absolute atomic E-state index is 4.68. The summed E-state index contributed by atoms with van der Waals surface area (Å²) in [5, 5.41) is 3.43. The van der Waals surface area contributed by atoms with E-state index < -0.39 is 0 Å². The van der Waals surface area contributed by atoms with Gasteiger partial charge in [-0.25, -0.2) is 9.97 Å². The summed E-state index contributed by atoms with van der Waals surface area (Å²) in [7, 11) is 0. The number of hydrogen-bond donors (Lipinski definition) is 0. The molecule has 0 aliphatic carbocycles. The van der Waals surface area contributed by atoms with Crippen LogP contribution >= 0.6 is 11.3 Å². The third-order valence-electron chi connectivity index (χ3n) is 4.60. The van der Waals surface area contributed by atoms with Crippen LogP contribution in [0.25, 0.3) is 21.3 Å². The Labute approximate surface area is 141 Å². The van der Waals surface area contributed by atoms with Crippen LogP contribution in [0.15, 0.2) is 42.0 Å². The van der Waals surface area contributed by atoms with Gasteiger partial charge >= 0.3 is 0 Å². The minimum atomic E-state index is 0.711. The van der Waals surface area contributed by atoms with Crippen molar-refractivity contribution in [2.75, 3.05) is 18.0 Å². The number of thiophene rings is 1. The summed E-state index contributed by atoms with van der Waals surface area (Å²) in [6.45, 7) is 6.85. The molecule has 0 spiro atoms. The minimum absolute atomic E-state index is 0.711. The fourth-order valence-electron chi connectivity index (χ4n) is 3.77. The van der Waals surface area contributed by atoms with Crippen molar-refractivity contribution in [3.05, 3.63) is 42.0 Å². The largest absolute Gasteiger partial charge is 0.355 e. The average Bonchev–Trinajstić information content (AvgIpc) is 2.99. The van der Waals surface area contributed by atoms with E-state index >= 15 is 0 Å². The zero-order valence-electron chi connectivity index (χ0n) is 13.6. The third kappa shape index (κ3) is 2.72. The maximum Gasteiger partial charge on any atom is 0.141 e. The molecule has 3 heterocycles. The Morgan fingerprint density at radius 1 is 1.04 bits per heavy atom. The Bertz CT molecular complexity index is 802. The number of piperidine rings is 1. The molecule has 118 valence electrons. The Hall–Kier alpha value is -1.94. The van der Waals surface area contributed by atoms with Crippen molar-refractivity contribution in [2.45, 2.75) is 20.3 Å². The molecule has 23 heavy (non-hydrogen) atoms. The minimum Gasteiger partial charge on any atom is -0.355 e. The molecule has 0 bridgehead atoms. The second-order valence-electron chi connectivity index (χ2n) is 6.74. The summed E-state index contributed by atoms with van der Waals surface area (Å²) >= 11 is 1.71. The molecule has 0 amide bonds. The van der Waals surface area contributed by atoms with Gasteiger partial charge in [0.2, 0.25) is 0 Å². The van der Waals surface area contributed by atoms with E-state index in [0.29, 0.717) is 11.8 Å². The van der Waals surface area contributed by atoms with E-state index in [0.717, 1.165) is 23.7 Å². The molecular weight excluding hydrogens is 302 g/mol. The van der Waals surface area contributed by atoms with Gasteiger partial charge in [0, 0.05) is 24.0 Å². The highest BCUT2D eigenvalue weighted by molar-refractivity contribution is 7.17. The third-order valence-corrected chi connectivity index (χ3v) is 5.49. The van der Waals surface area contributed by atoms with Crippen LogP contribution in [-0.2, 0) is 0 Å². The van der Waals surface area contributed by atoms with Gasteiger partial charge < -0.3 is 4.90 Å². The van der Waals surface area contributed by atoms with E-state index in [1.165, 1.54) is 22.9 Å². The lowest BCUT2D eigenvalue weighted by molar-refractivity contribution is 0.356. The molecule has 0 N–H and O–H groups in total. The Morgan fingerprint density at radius 2 is 1.78 bits per heavy atom. The van der Waals surface area contributed by atoms with Crippen LogP contribution in [0.3, 0.4) is 0 Å². The number of anilines is 1. The van der Waals surface area contributed by atoms with E-state index in [-0.39, 0.29) is 0 Å². The lowest BCUT2D eigenvalue weighted by Gasteiger charge is -2.36. The molecular formula is C19H21N3S. The molecule has 3 aromatic rings. The van der Waals surface area contributed by atoms with Gasteiger partial charge in [0.1, 0.15) is 17.0 Å². The van der Waals surface area contributed by atoms with E-state index in [4.69, 9.17) is 0 Å². The molecule has 1 aliphatic heterocycles. The van der Waals surface area contributed by atoms with E-state index in [1.807, 2.05) is 0 Å². The van der Waals surface area contributed by atoms with Gasteiger partial charge in [-0.2, -0.15) is 0 Å². The van der Waals surface area contributed by atoms with Crippen molar-refractivity contribution < 1.29 is 0 Å². The standard InChI is InChI=1S/C19H21N3S/c1-13-8-14(2)10-22(9-13)18-17-16(15-6-4-3-5-7-15)11-23-19(17)21-12-20-18/h3-7,11-14H,8-10H2,1-2H3/t13-,14-/m1/s1. The number of hydrogen-bond acceptors (Lipinski definition) is 4. The number of nitrogens with zero attached hydrogens (tertiary/aromatic N) is 3. The first-order valence-corrected chi connectivity index (χ1v) is 9.13. The molecule has 0 unspecified atom stereocenters. The van der Waals surface area contributed by atoms with Crippen LogP contribution in [0.4, 0.5) is 5.82 Å². The summed E-state index contributed by atoms with van der Waals surface area (Å²) in [6.07, 6.45) is 3.02. The molecule has 4 rings (SSSR count). The molecule has 2 atom stereocenters. The molecule has 2 aromatic heterocycles. The molecule has 3 nitrogen and oxygen atoms in total. The molecule has 1 fully saturated rings. The topological polar surface area (TPSA) is 29.0 Å². The van der Waals surface area contributed by atoms with Crippen molar-refractivity contribution in [3.63, 3.8) is 0 Å². The summed E-state index contributed by atoms with van der Waals surface area (Å²) in [5.74, 6) is 2.53. The van der Waals surface area contributed by atoms with Gasteiger partial charge in [0.05, 0.1) is 5.39 Å². The summed E-state index contributed by atoms with van der Waals surface area (Å²) in [4.78, 5) is 12.7. The van der Waals surface area contributed by atoms with Gasteiger partial charge in [0.15, 0.2) is 0 Å². The van der Waals surface area contributed by atoms with Crippen molar-refractivity contribution in [3.8, 4) is 11.1 Å². The van der Waals surface area contributed by atoms with Crippen LogP contribution < -0.4 is 4.90 Å². The van der Waals surface area contributed by atoms with Gasteiger partial charge in [-0.1, -0.05) is 44.2 Å². The fraction of sp³-hybridized carbons (Fsp3) is 0.368. The van der Waals surface area contributed by atoms with E-state index in [2.05, 4.69) is 64.4 Å². The highest BCUT2D eigenvalue weighted by Crippen LogP contribution is 2.39. The first-order chi connectivity index (χ1) is 11.2. The SMILES string of the molecule is C[C@@H]1C[C@@H](C)CN(c2ncnc3scc(-c4ccccc4)c23)C1. The molecule has 1 aliphatic rings. The average molecular weight is 323 g/mol.